The minimum absolute atomic E-state index is 0.113. The summed E-state index contributed by atoms with van der Waals surface area (Å²) in [5.41, 5.74) is 1.41. The van der Waals surface area contributed by atoms with E-state index in [1.807, 2.05) is 12.1 Å². The summed E-state index contributed by atoms with van der Waals surface area (Å²) in [6, 6.07) is 12.0. The first kappa shape index (κ1) is 19.1. The second-order valence-electron chi connectivity index (χ2n) is 6.49. The minimum Gasteiger partial charge on any atom is -0.497 e. The molecule has 1 aliphatic rings. The highest BCUT2D eigenvalue weighted by molar-refractivity contribution is 6.34. The molecule has 0 aromatic heterocycles. The first-order valence-corrected chi connectivity index (χ1v) is 9.05. The van der Waals surface area contributed by atoms with E-state index in [-0.39, 0.29) is 16.6 Å². The van der Waals surface area contributed by atoms with Crippen LogP contribution in [0.3, 0.4) is 0 Å². The van der Waals surface area contributed by atoms with E-state index in [9.17, 15) is 14.9 Å². The molecule has 0 aliphatic carbocycles. The first-order chi connectivity index (χ1) is 13.0. The molecule has 2 aromatic carbocycles. The molecule has 8 heteroatoms. The number of ether oxygens (including phenoxy) is 1. The Morgan fingerprint density at radius 1 is 1.22 bits per heavy atom. The van der Waals surface area contributed by atoms with Crippen molar-refractivity contribution in [2.75, 3.05) is 33.3 Å². The Hall–Kier alpha value is -2.64. The van der Waals surface area contributed by atoms with Crippen LogP contribution < -0.4 is 9.64 Å². The van der Waals surface area contributed by atoms with Crippen molar-refractivity contribution in [3.63, 3.8) is 0 Å². The SMILES string of the molecule is COc1ccc(C[NH+]2CCN(C(=O)c3ccc([N+](=O)[O-])cc3Cl)CC2)cc1. The maximum absolute atomic E-state index is 12.7. The van der Waals surface area contributed by atoms with Gasteiger partial charge in [-0.3, -0.25) is 14.9 Å². The van der Waals surface area contributed by atoms with Crippen LogP contribution in [-0.4, -0.2) is 49.0 Å². The van der Waals surface area contributed by atoms with Gasteiger partial charge in [0.15, 0.2) is 0 Å². The van der Waals surface area contributed by atoms with Crippen LogP contribution in [0.1, 0.15) is 15.9 Å². The third-order valence-electron chi connectivity index (χ3n) is 4.76. The lowest BCUT2D eigenvalue weighted by Crippen LogP contribution is -3.13. The van der Waals surface area contributed by atoms with Crippen molar-refractivity contribution in [3.05, 3.63) is 68.7 Å². The number of carbonyl (C=O) groups is 1. The van der Waals surface area contributed by atoms with Crippen molar-refractivity contribution in [1.82, 2.24) is 4.90 Å². The number of piperazine rings is 1. The van der Waals surface area contributed by atoms with Gasteiger partial charge in [-0.15, -0.1) is 0 Å². The molecule has 1 amide bonds. The number of quaternary nitrogens is 1. The van der Waals surface area contributed by atoms with Crippen LogP contribution in [-0.2, 0) is 6.54 Å². The molecule has 1 fully saturated rings. The summed E-state index contributed by atoms with van der Waals surface area (Å²) in [5.74, 6) is 0.655. The van der Waals surface area contributed by atoms with Gasteiger partial charge in [-0.05, 0) is 30.3 Å². The molecule has 142 valence electrons. The molecule has 1 aliphatic heterocycles. The number of methoxy groups -OCH3 is 1. The molecule has 7 nitrogen and oxygen atoms in total. The molecule has 0 spiro atoms. The number of rotatable bonds is 5. The number of nitrogens with one attached hydrogen (secondary N) is 1. The Morgan fingerprint density at radius 2 is 1.89 bits per heavy atom. The number of non-ortho nitro benzene ring substituents is 1. The molecular weight excluding hydrogens is 370 g/mol. The molecule has 0 unspecified atom stereocenters. The van der Waals surface area contributed by atoms with Gasteiger partial charge in [0, 0.05) is 17.7 Å². The van der Waals surface area contributed by atoms with Crippen molar-refractivity contribution in [3.8, 4) is 5.75 Å². The van der Waals surface area contributed by atoms with Crippen LogP contribution in [0.2, 0.25) is 5.02 Å². The number of amides is 1. The van der Waals surface area contributed by atoms with E-state index in [1.54, 1.807) is 12.0 Å². The predicted molar refractivity (Wildman–Crippen MR) is 101 cm³/mol. The van der Waals surface area contributed by atoms with Crippen molar-refractivity contribution < 1.29 is 19.4 Å². The van der Waals surface area contributed by atoms with Crippen LogP contribution in [0.25, 0.3) is 0 Å². The van der Waals surface area contributed by atoms with Gasteiger partial charge in [0.05, 0.1) is 48.8 Å². The van der Waals surface area contributed by atoms with Crippen LogP contribution in [0.15, 0.2) is 42.5 Å². The number of nitrogens with zero attached hydrogens (tertiary/aromatic N) is 2. The van der Waals surface area contributed by atoms with Gasteiger partial charge in [0.1, 0.15) is 12.3 Å². The predicted octanol–water partition coefficient (Wildman–Crippen LogP) is 1.80. The molecule has 3 rings (SSSR count). The highest BCUT2D eigenvalue weighted by Crippen LogP contribution is 2.23. The van der Waals surface area contributed by atoms with Gasteiger partial charge in [-0.1, -0.05) is 11.6 Å². The van der Waals surface area contributed by atoms with Gasteiger partial charge in [-0.2, -0.15) is 0 Å². The summed E-state index contributed by atoms with van der Waals surface area (Å²) in [5, 5.41) is 10.9. The molecule has 1 saturated heterocycles. The van der Waals surface area contributed by atoms with E-state index in [0.29, 0.717) is 18.7 Å². The van der Waals surface area contributed by atoms with Crippen LogP contribution in [0.4, 0.5) is 5.69 Å². The molecule has 0 radical (unpaired) electrons. The molecule has 27 heavy (non-hydrogen) atoms. The lowest BCUT2D eigenvalue weighted by Gasteiger charge is -2.32. The summed E-state index contributed by atoms with van der Waals surface area (Å²) in [6.45, 7) is 3.81. The lowest BCUT2D eigenvalue weighted by atomic mass is 10.1. The average Bonchev–Trinajstić information content (AvgIpc) is 2.68. The van der Waals surface area contributed by atoms with E-state index in [4.69, 9.17) is 16.3 Å². The molecular formula is C19H21ClN3O4+. The first-order valence-electron chi connectivity index (χ1n) is 8.67. The van der Waals surface area contributed by atoms with Gasteiger partial charge in [0.2, 0.25) is 0 Å². The van der Waals surface area contributed by atoms with E-state index in [0.717, 1.165) is 25.4 Å². The third-order valence-corrected chi connectivity index (χ3v) is 5.08. The summed E-state index contributed by atoms with van der Waals surface area (Å²) in [7, 11) is 1.65. The quantitative estimate of drug-likeness (QED) is 0.623. The smallest absolute Gasteiger partial charge is 0.270 e. The Morgan fingerprint density at radius 3 is 2.44 bits per heavy atom. The number of nitro groups is 1. The van der Waals surface area contributed by atoms with Crippen molar-refractivity contribution >= 4 is 23.2 Å². The molecule has 0 bridgehead atoms. The van der Waals surface area contributed by atoms with Crippen molar-refractivity contribution in [1.29, 1.82) is 0 Å². The standard InChI is InChI=1S/C19H20ClN3O4/c1-27-16-5-2-14(3-6-16)13-21-8-10-22(11-9-21)19(24)17-7-4-15(23(25)26)12-18(17)20/h2-7,12H,8-11,13H2,1H3/p+1. The molecule has 0 atom stereocenters. The van der Waals surface area contributed by atoms with Gasteiger partial charge in [-0.25, -0.2) is 0 Å². The highest BCUT2D eigenvalue weighted by Gasteiger charge is 2.26. The number of hydrogen-bond donors (Lipinski definition) is 1. The van der Waals surface area contributed by atoms with Crippen LogP contribution in [0.5, 0.6) is 5.75 Å². The van der Waals surface area contributed by atoms with Crippen LogP contribution in [0, 0.1) is 10.1 Å². The minimum atomic E-state index is -0.526. The Bertz CT molecular complexity index is 833. The van der Waals surface area contributed by atoms with E-state index >= 15 is 0 Å². The summed E-state index contributed by atoms with van der Waals surface area (Å²) in [4.78, 5) is 26.1. The van der Waals surface area contributed by atoms with E-state index in [2.05, 4.69) is 12.1 Å². The molecule has 1 heterocycles. The van der Waals surface area contributed by atoms with Crippen molar-refractivity contribution in [2.45, 2.75) is 6.54 Å². The second kappa shape index (κ2) is 8.37. The summed E-state index contributed by atoms with van der Waals surface area (Å²) < 4.78 is 5.17. The third kappa shape index (κ3) is 4.56. The Kier molecular flexibility index (Phi) is 5.93. The van der Waals surface area contributed by atoms with Crippen LogP contribution >= 0.6 is 11.6 Å². The second-order valence-corrected chi connectivity index (χ2v) is 6.90. The maximum atomic E-state index is 12.7. The zero-order valence-corrected chi connectivity index (χ0v) is 15.7. The number of halogens is 1. The van der Waals surface area contributed by atoms with Gasteiger partial charge in [0.25, 0.3) is 11.6 Å². The molecule has 1 N–H and O–H groups in total. The van der Waals surface area contributed by atoms with Gasteiger partial charge >= 0.3 is 0 Å². The summed E-state index contributed by atoms with van der Waals surface area (Å²) >= 11 is 6.08. The summed E-state index contributed by atoms with van der Waals surface area (Å²) in [6.07, 6.45) is 0. The zero-order valence-electron chi connectivity index (χ0n) is 15.0. The topological polar surface area (TPSA) is 77.1 Å². The number of carbonyl (C=O) groups excluding carboxylic acids is 1. The van der Waals surface area contributed by atoms with Gasteiger partial charge < -0.3 is 14.5 Å². The molecule has 0 saturated carbocycles. The van der Waals surface area contributed by atoms with E-state index in [1.165, 1.54) is 28.7 Å². The normalized spacial score (nSPS) is 14.8. The fourth-order valence-electron chi connectivity index (χ4n) is 3.20. The zero-order chi connectivity index (χ0) is 19.4. The molecule has 2 aromatic rings. The lowest BCUT2D eigenvalue weighted by molar-refractivity contribution is -0.917. The Labute approximate surface area is 162 Å². The fourth-order valence-corrected chi connectivity index (χ4v) is 3.45. The van der Waals surface area contributed by atoms with Crippen molar-refractivity contribution in [2.24, 2.45) is 0 Å². The number of benzene rings is 2. The fraction of sp³-hybridized carbons (Fsp3) is 0.316. The maximum Gasteiger partial charge on any atom is 0.270 e. The Balaban J connectivity index is 1.58. The average molecular weight is 391 g/mol. The van der Waals surface area contributed by atoms with E-state index < -0.39 is 4.92 Å². The number of hydrogen-bond acceptors (Lipinski definition) is 4. The monoisotopic (exact) mass is 390 g/mol. The largest absolute Gasteiger partial charge is 0.497 e. The number of nitro benzene ring substituents is 1. The highest BCUT2D eigenvalue weighted by atomic mass is 35.5.